The van der Waals surface area contributed by atoms with Crippen LogP contribution >= 0.6 is 43.1 Å². The van der Waals surface area contributed by atoms with Crippen molar-refractivity contribution >= 4 is 54.4 Å². The number of nitro groups is 1. The lowest BCUT2D eigenvalue weighted by Gasteiger charge is -2.29. The molecule has 0 bridgehead atoms. The van der Waals surface area contributed by atoms with Crippen LogP contribution in [0.25, 0.3) is 0 Å². The van der Waals surface area contributed by atoms with Crippen molar-refractivity contribution < 1.29 is 24.0 Å². The average molecular weight is 500 g/mol. The first kappa shape index (κ1) is 26.5. The van der Waals surface area contributed by atoms with E-state index in [4.69, 9.17) is 53.9 Å². The summed E-state index contributed by atoms with van der Waals surface area (Å²) in [5.74, 6) is 0.616. The van der Waals surface area contributed by atoms with E-state index in [1.165, 1.54) is 24.3 Å². The highest BCUT2D eigenvalue weighted by molar-refractivity contribution is 7.30. The van der Waals surface area contributed by atoms with E-state index in [1.54, 1.807) is 6.07 Å². The first-order valence-electron chi connectivity index (χ1n) is 8.73. The van der Waals surface area contributed by atoms with Crippen molar-refractivity contribution in [1.29, 1.82) is 0 Å². The van der Waals surface area contributed by atoms with E-state index >= 15 is 0 Å². The molecule has 0 fully saturated rings. The number of halogens is 3. The molecule has 0 heterocycles. The Morgan fingerprint density at radius 1 is 1.13 bits per heavy atom. The Balaban J connectivity index is 0.00000103. The molecular weight excluding hydrogens is 478 g/mol. The topological polar surface area (TPSA) is 122 Å². The number of nitrogens with one attached hydrogen (secondary N) is 1. The molecule has 0 aromatic heterocycles. The van der Waals surface area contributed by atoms with Gasteiger partial charge in [-0.2, -0.15) is 0 Å². The summed E-state index contributed by atoms with van der Waals surface area (Å²) < 4.78 is 14.5. The smallest absolute Gasteiger partial charge is 0.314 e. The Labute approximate surface area is 189 Å². The molecule has 2 aromatic carbocycles. The van der Waals surface area contributed by atoms with Crippen LogP contribution in [-0.2, 0) is 4.57 Å². The van der Waals surface area contributed by atoms with Gasteiger partial charge in [0, 0.05) is 22.7 Å². The van der Waals surface area contributed by atoms with Gasteiger partial charge in [-0.25, -0.2) is 0 Å². The summed E-state index contributed by atoms with van der Waals surface area (Å²) in [4.78, 5) is 25.3. The largest absolute Gasteiger partial charge is 0.454 e. The van der Waals surface area contributed by atoms with E-state index < -0.39 is 13.2 Å². The average Bonchev–Trinajstić information content (AvgIpc) is 2.64. The molecule has 0 radical (unpaired) electrons. The number of nitro benzene ring substituents is 1. The van der Waals surface area contributed by atoms with Crippen LogP contribution in [-0.4, -0.2) is 20.2 Å². The third-order valence-electron chi connectivity index (χ3n) is 4.34. The summed E-state index contributed by atoms with van der Waals surface area (Å²) in [5.41, 5.74) is 0.0672. The number of benzene rings is 2. The van der Waals surface area contributed by atoms with E-state index in [2.05, 4.69) is 5.32 Å². The van der Waals surface area contributed by atoms with Crippen molar-refractivity contribution in [3.63, 3.8) is 0 Å². The SMILES string of the molecule is CCC(C)(CC)Nc1cc(Oc2c(Cl)cc(Cl)cc2Cl)ccc1[N+](=O)[O-].O=[PH](O)O. The maximum atomic E-state index is 11.4. The third-order valence-corrected chi connectivity index (χ3v) is 5.12. The Morgan fingerprint density at radius 3 is 2.07 bits per heavy atom. The zero-order chi connectivity index (χ0) is 23.1. The number of hydrogen-bond donors (Lipinski definition) is 3. The lowest BCUT2D eigenvalue weighted by molar-refractivity contribution is -0.384. The third kappa shape index (κ3) is 7.95. The van der Waals surface area contributed by atoms with Crippen molar-refractivity contribution in [3.8, 4) is 11.5 Å². The molecule has 0 aliphatic carbocycles. The molecule has 0 saturated heterocycles. The molecular formula is C18H22Cl3N2O6P. The minimum absolute atomic E-state index is 0.0289. The second kappa shape index (κ2) is 11.7. The molecule has 30 heavy (non-hydrogen) atoms. The maximum Gasteiger partial charge on any atom is 0.314 e. The van der Waals surface area contributed by atoms with E-state index in [0.29, 0.717) is 16.5 Å². The molecule has 3 N–H and O–H groups in total. The summed E-state index contributed by atoms with van der Waals surface area (Å²) in [6, 6.07) is 7.49. The van der Waals surface area contributed by atoms with E-state index in [1.807, 2.05) is 20.8 Å². The van der Waals surface area contributed by atoms with Gasteiger partial charge in [-0.15, -0.1) is 0 Å². The fourth-order valence-corrected chi connectivity index (χ4v) is 3.23. The van der Waals surface area contributed by atoms with Crippen molar-refractivity contribution in [1.82, 2.24) is 0 Å². The van der Waals surface area contributed by atoms with Gasteiger partial charge in [0.2, 0.25) is 0 Å². The highest BCUT2D eigenvalue weighted by Crippen LogP contribution is 2.40. The van der Waals surface area contributed by atoms with Gasteiger partial charge in [-0.3, -0.25) is 14.7 Å². The van der Waals surface area contributed by atoms with Crippen LogP contribution in [0.4, 0.5) is 11.4 Å². The van der Waals surface area contributed by atoms with Crippen LogP contribution < -0.4 is 10.1 Å². The first-order valence-corrected chi connectivity index (χ1v) is 11.2. The predicted octanol–water partition coefficient (Wildman–Crippen LogP) is 6.70. The van der Waals surface area contributed by atoms with E-state index in [0.717, 1.165) is 12.8 Å². The highest BCUT2D eigenvalue weighted by Gasteiger charge is 2.24. The molecule has 0 amide bonds. The van der Waals surface area contributed by atoms with Gasteiger partial charge in [0.15, 0.2) is 5.75 Å². The molecule has 0 aliphatic heterocycles. The van der Waals surface area contributed by atoms with Crippen LogP contribution in [0.3, 0.4) is 0 Å². The number of anilines is 1. The molecule has 0 aliphatic rings. The Kier molecular flexibility index (Phi) is 10.4. The van der Waals surface area contributed by atoms with E-state index in [-0.39, 0.29) is 27.0 Å². The van der Waals surface area contributed by atoms with Crippen LogP contribution in [0.5, 0.6) is 11.5 Å². The van der Waals surface area contributed by atoms with Gasteiger partial charge in [-0.05, 0) is 38.0 Å². The molecule has 12 heteroatoms. The van der Waals surface area contributed by atoms with Crippen LogP contribution in [0.15, 0.2) is 30.3 Å². The Hall–Kier alpha value is -1.54. The van der Waals surface area contributed by atoms with Crippen LogP contribution in [0, 0.1) is 10.1 Å². The molecule has 0 spiro atoms. The molecule has 0 unspecified atom stereocenters. The highest BCUT2D eigenvalue weighted by atomic mass is 35.5. The van der Waals surface area contributed by atoms with Crippen molar-refractivity contribution in [2.24, 2.45) is 0 Å². The van der Waals surface area contributed by atoms with Gasteiger partial charge in [0.05, 0.1) is 15.0 Å². The minimum Gasteiger partial charge on any atom is -0.454 e. The number of hydrogen-bond acceptors (Lipinski definition) is 5. The maximum absolute atomic E-state index is 11.4. The van der Waals surface area contributed by atoms with Crippen molar-refractivity contribution in [2.75, 3.05) is 5.32 Å². The second-order valence-corrected chi connectivity index (χ2v) is 8.23. The normalized spacial score (nSPS) is 11.0. The molecule has 166 valence electrons. The second-order valence-electron chi connectivity index (χ2n) is 6.41. The lowest BCUT2D eigenvalue weighted by Crippen LogP contribution is -2.33. The standard InChI is InChI=1S/C18H19Cl3N2O3.H3O3P/c1-4-18(3,5-2)22-15-10-12(6-7-16(15)23(24)25)26-17-13(20)8-11(19)9-14(17)21;1-4(2)3/h6-10,22H,4-5H2,1-3H3;4H,(H2,1,2,3). The quantitative estimate of drug-likeness (QED) is 0.220. The predicted molar refractivity (Wildman–Crippen MR) is 121 cm³/mol. The van der Waals surface area contributed by atoms with Crippen molar-refractivity contribution in [2.45, 2.75) is 39.2 Å². The Morgan fingerprint density at radius 2 is 1.63 bits per heavy atom. The Bertz CT molecular complexity index is 898. The molecule has 0 saturated carbocycles. The number of ether oxygens (including phenoxy) is 1. The van der Waals surface area contributed by atoms with Gasteiger partial charge in [0.25, 0.3) is 5.69 Å². The number of rotatable bonds is 7. The summed E-state index contributed by atoms with van der Waals surface area (Å²) in [6.07, 6.45) is 1.61. The molecule has 2 rings (SSSR count). The van der Waals surface area contributed by atoms with Gasteiger partial charge in [-0.1, -0.05) is 48.7 Å². The number of nitrogens with zero attached hydrogens (tertiary/aromatic N) is 1. The van der Waals surface area contributed by atoms with Crippen molar-refractivity contribution in [3.05, 3.63) is 55.5 Å². The summed E-state index contributed by atoms with van der Waals surface area (Å²) in [7, 11) is -3.13. The summed E-state index contributed by atoms with van der Waals surface area (Å²) >= 11 is 18.2. The lowest BCUT2D eigenvalue weighted by atomic mass is 9.95. The monoisotopic (exact) mass is 498 g/mol. The molecule has 0 atom stereocenters. The van der Waals surface area contributed by atoms with Gasteiger partial charge >= 0.3 is 8.25 Å². The summed E-state index contributed by atoms with van der Waals surface area (Å²) in [5, 5.41) is 15.5. The fraction of sp³-hybridized carbons (Fsp3) is 0.333. The fourth-order valence-electron chi connectivity index (χ4n) is 2.33. The summed E-state index contributed by atoms with van der Waals surface area (Å²) in [6.45, 7) is 6.06. The first-order chi connectivity index (χ1) is 13.9. The van der Waals surface area contributed by atoms with Gasteiger partial charge in [0.1, 0.15) is 11.4 Å². The minimum atomic E-state index is -3.13. The molecule has 8 nitrogen and oxygen atoms in total. The zero-order valence-corrected chi connectivity index (χ0v) is 19.7. The zero-order valence-electron chi connectivity index (χ0n) is 16.4. The van der Waals surface area contributed by atoms with Gasteiger partial charge < -0.3 is 19.8 Å². The molecule has 2 aromatic rings. The van der Waals surface area contributed by atoms with Crippen LogP contribution in [0.2, 0.25) is 15.1 Å². The van der Waals surface area contributed by atoms with Crippen LogP contribution in [0.1, 0.15) is 33.6 Å². The van der Waals surface area contributed by atoms with E-state index in [9.17, 15) is 10.1 Å².